The van der Waals surface area contributed by atoms with Crippen molar-refractivity contribution in [3.05, 3.63) is 65.3 Å². The number of hydrogen-bond donors (Lipinski definition) is 0. The Bertz CT molecular complexity index is 681. The Morgan fingerprint density at radius 1 is 1.30 bits per heavy atom. The van der Waals surface area contributed by atoms with Gasteiger partial charge in [-0.1, -0.05) is 35.3 Å². The number of hydrogen-bond acceptors (Lipinski definition) is 3. The van der Waals surface area contributed by atoms with E-state index in [1.165, 1.54) is 12.4 Å². The minimum absolute atomic E-state index is 0.107. The first-order chi connectivity index (χ1) is 11.1. The van der Waals surface area contributed by atoms with Gasteiger partial charge in [0.2, 0.25) is 0 Å². The van der Waals surface area contributed by atoms with Crippen LogP contribution in [0.1, 0.15) is 22.3 Å². The Morgan fingerprint density at radius 3 is 2.91 bits per heavy atom. The summed E-state index contributed by atoms with van der Waals surface area (Å²) in [5.74, 6) is 0.145. The molecule has 0 bridgehead atoms. The zero-order valence-electron chi connectivity index (χ0n) is 12.4. The second-order valence-electron chi connectivity index (χ2n) is 5.59. The molecule has 1 radical (unpaired) electrons. The molecule has 2 heterocycles. The van der Waals surface area contributed by atoms with Crippen LogP contribution in [0.15, 0.2) is 42.7 Å². The Hall–Kier alpha value is -1.65. The van der Waals surface area contributed by atoms with Crippen molar-refractivity contribution in [2.45, 2.75) is 18.3 Å². The van der Waals surface area contributed by atoms with E-state index in [-0.39, 0.29) is 17.3 Å². The number of piperidine rings is 1. The molecule has 0 spiro atoms. The molecule has 1 fully saturated rings. The number of carbonyl (C=O) groups excluding carboxylic acids is 1. The second kappa shape index (κ2) is 7.28. The van der Waals surface area contributed by atoms with Crippen LogP contribution in [0.5, 0.6) is 0 Å². The summed E-state index contributed by atoms with van der Waals surface area (Å²) in [6, 6.07) is 9.46. The first-order valence-corrected chi connectivity index (χ1v) is 8.24. The SMILES string of the molecule is O=C(c1ccnnc1)N1CC(Cc2cccc(Cl)c2)[CH]CC1Cl. The fourth-order valence-corrected chi connectivity index (χ4v) is 3.27. The minimum Gasteiger partial charge on any atom is -0.322 e. The fourth-order valence-electron chi connectivity index (χ4n) is 2.78. The third-order valence-electron chi connectivity index (χ3n) is 3.91. The number of alkyl halides is 1. The van der Waals surface area contributed by atoms with Gasteiger partial charge in [0.15, 0.2) is 0 Å². The minimum atomic E-state index is -0.328. The smallest absolute Gasteiger partial charge is 0.256 e. The highest BCUT2D eigenvalue weighted by atomic mass is 35.5. The highest BCUT2D eigenvalue weighted by Gasteiger charge is 2.31. The van der Waals surface area contributed by atoms with Crippen LogP contribution in [0.3, 0.4) is 0 Å². The lowest BCUT2D eigenvalue weighted by Crippen LogP contribution is -2.45. The number of benzene rings is 1. The van der Waals surface area contributed by atoms with Crippen LogP contribution in [0.25, 0.3) is 0 Å². The predicted octanol–water partition coefficient (Wildman–Crippen LogP) is 3.60. The molecule has 1 amide bonds. The Morgan fingerprint density at radius 2 is 2.17 bits per heavy atom. The number of likely N-dealkylation sites (tertiary alicyclic amines) is 1. The zero-order valence-corrected chi connectivity index (χ0v) is 13.9. The van der Waals surface area contributed by atoms with E-state index in [0.29, 0.717) is 18.5 Å². The highest BCUT2D eigenvalue weighted by molar-refractivity contribution is 6.30. The molecule has 1 aromatic carbocycles. The average Bonchev–Trinajstić information content (AvgIpc) is 2.57. The molecular formula is C17H16Cl2N3O. The van der Waals surface area contributed by atoms with E-state index in [0.717, 1.165) is 17.0 Å². The van der Waals surface area contributed by atoms with Crippen LogP contribution in [0.2, 0.25) is 5.02 Å². The van der Waals surface area contributed by atoms with Gasteiger partial charge in [0.1, 0.15) is 5.50 Å². The number of amides is 1. The molecule has 6 heteroatoms. The largest absolute Gasteiger partial charge is 0.322 e. The zero-order chi connectivity index (χ0) is 16.2. The standard InChI is InChI=1S/C17H16Cl2N3O/c18-15-3-1-2-12(9-15)8-13-4-5-16(19)22(11-13)17(23)14-6-7-20-21-10-14/h1-4,6-7,9-10,13,16H,5,8,11H2. The molecule has 119 valence electrons. The molecule has 0 N–H and O–H groups in total. The van der Waals surface area contributed by atoms with Crippen LogP contribution < -0.4 is 0 Å². The number of nitrogens with zero attached hydrogens (tertiary/aromatic N) is 3. The van der Waals surface area contributed by atoms with Gasteiger partial charge in [-0.15, -0.1) is 0 Å². The van der Waals surface area contributed by atoms with Crippen molar-refractivity contribution in [3.8, 4) is 0 Å². The van der Waals surface area contributed by atoms with Crippen LogP contribution >= 0.6 is 23.2 Å². The van der Waals surface area contributed by atoms with Gasteiger partial charge in [-0.05, 0) is 48.9 Å². The number of rotatable bonds is 3. The quantitative estimate of drug-likeness (QED) is 0.628. The van der Waals surface area contributed by atoms with E-state index in [4.69, 9.17) is 23.2 Å². The first kappa shape index (κ1) is 16.2. The third kappa shape index (κ3) is 4.01. The molecule has 0 aliphatic carbocycles. The summed E-state index contributed by atoms with van der Waals surface area (Å²) in [5, 5.41) is 8.18. The van der Waals surface area contributed by atoms with Crippen LogP contribution in [0, 0.1) is 12.3 Å². The van der Waals surface area contributed by atoms with E-state index >= 15 is 0 Å². The molecule has 2 unspecified atom stereocenters. The maximum atomic E-state index is 12.6. The molecular weight excluding hydrogens is 333 g/mol. The van der Waals surface area contributed by atoms with Crippen molar-refractivity contribution < 1.29 is 4.79 Å². The lowest BCUT2D eigenvalue weighted by molar-refractivity contribution is 0.0675. The van der Waals surface area contributed by atoms with Gasteiger partial charge in [-0.2, -0.15) is 10.2 Å². The third-order valence-corrected chi connectivity index (χ3v) is 4.56. The lowest BCUT2D eigenvalue weighted by Gasteiger charge is -2.36. The Kier molecular flexibility index (Phi) is 5.13. The normalized spacial score (nSPS) is 21.2. The van der Waals surface area contributed by atoms with Crippen molar-refractivity contribution in [1.29, 1.82) is 0 Å². The molecule has 1 aliphatic rings. The Balaban J connectivity index is 1.70. The van der Waals surface area contributed by atoms with Crippen molar-refractivity contribution in [2.75, 3.05) is 6.54 Å². The summed E-state index contributed by atoms with van der Waals surface area (Å²) in [6.07, 6.45) is 6.67. The van der Waals surface area contributed by atoms with Crippen molar-refractivity contribution in [2.24, 2.45) is 5.92 Å². The molecule has 1 aromatic heterocycles. The summed E-state index contributed by atoms with van der Waals surface area (Å²) < 4.78 is 0. The van der Waals surface area contributed by atoms with Gasteiger partial charge >= 0.3 is 0 Å². The highest BCUT2D eigenvalue weighted by Crippen LogP contribution is 2.28. The van der Waals surface area contributed by atoms with Crippen molar-refractivity contribution >= 4 is 29.1 Å². The fraction of sp³-hybridized carbons (Fsp3) is 0.294. The molecule has 1 saturated heterocycles. The van der Waals surface area contributed by atoms with E-state index in [9.17, 15) is 4.79 Å². The number of carbonyl (C=O) groups is 1. The summed E-state index contributed by atoms with van der Waals surface area (Å²) in [6.45, 7) is 0.585. The predicted molar refractivity (Wildman–Crippen MR) is 90.3 cm³/mol. The second-order valence-corrected chi connectivity index (χ2v) is 6.53. The molecule has 2 aromatic rings. The van der Waals surface area contributed by atoms with Crippen LogP contribution in [-0.2, 0) is 6.42 Å². The van der Waals surface area contributed by atoms with Crippen molar-refractivity contribution in [3.63, 3.8) is 0 Å². The molecule has 2 atom stereocenters. The first-order valence-electron chi connectivity index (χ1n) is 7.43. The van der Waals surface area contributed by atoms with E-state index in [1.807, 2.05) is 24.3 Å². The summed E-state index contributed by atoms with van der Waals surface area (Å²) in [5.41, 5.74) is 1.34. The average molecular weight is 349 g/mol. The van der Waals surface area contributed by atoms with E-state index in [2.05, 4.69) is 16.6 Å². The van der Waals surface area contributed by atoms with Gasteiger partial charge in [-0.25, -0.2) is 0 Å². The maximum absolute atomic E-state index is 12.6. The van der Waals surface area contributed by atoms with E-state index in [1.54, 1.807) is 11.0 Å². The van der Waals surface area contributed by atoms with Crippen LogP contribution in [-0.4, -0.2) is 33.1 Å². The maximum Gasteiger partial charge on any atom is 0.256 e. The van der Waals surface area contributed by atoms with Gasteiger partial charge < -0.3 is 4.90 Å². The lowest BCUT2D eigenvalue weighted by atomic mass is 9.91. The summed E-state index contributed by atoms with van der Waals surface area (Å²) >= 11 is 12.4. The van der Waals surface area contributed by atoms with Gasteiger partial charge in [0.05, 0.1) is 18.0 Å². The number of halogens is 2. The van der Waals surface area contributed by atoms with Crippen LogP contribution in [0.4, 0.5) is 0 Å². The van der Waals surface area contributed by atoms with Gasteiger partial charge in [-0.3, -0.25) is 4.79 Å². The van der Waals surface area contributed by atoms with Crippen molar-refractivity contribution in [1.82, 2.24) is 15.1 Å². The molecule has 0 saturated carbocycles. The van der Waals surface area contributed by atoms with E-state index < -0.39 is 0 Å². The molecule has 1 aliphatic heterocycles. The molecule has 3 rings (SSSR count). The summed E-state index contributed by atoms with van der Waals surface area (Å²) in [4.78, 5) is 14.3. The monoisotopic (exact) mass is 348 g/mol. The molecule has 23 heavy (non-hydrogen) atoms. The van der Waals surface area contributed by atoms with Gasteiger partial charge in [0.25, 0.3) is 5.91 Å². The molecule has 4 nitrogen and oxygen atoms in total. The summed E-state index contributed by atoms with van der Waals surface area (Å²) in [7, 11) is 0. The number of aromatic nitrogens is 2. The Labute approximate surface area is 145 Å². The topological polar surface area (TPSA) is 46.1 Å². The van der Waals surface area contributed by atoms with Gasteiger partial charge in [0, 0.05) is 11.6 Å².